The number of aromatic amines is 1. The van der Waals surface area contributed by atoms with E-state index in [1.54, 1.807) is 20.2 Å². The van der Waals surface area contributed by atoms with Crippen molar-refractivity contribution in [1.82, 2.24) is 15.3 Å². The summed E-state index contributed by atoms with van der Waals surface area (Å²) in [7, 11) is -2.17. The van der Waals surface area contributed by atoms with Crippen LogP contribution in [0.25, 0.3) is 11.0 Å². The number of sulfonamides is 1. The number of anilines is 1. The van der Waals surface area contributed by atoms with Crippen molar-refractivity contribution in [2.45, 2.75) is 13.3 Å². The number of fused-ring (bicyclic) bond motifs is 1. The molecule has 0 aliphatic heterocycles. The smallest absolute Gasteiger partial charge is 0.232 e. The summed E-state index contributed by atoms with van der Waals surface area (Å²) in [6.45, 7) is 1.64. The van der Waals surface area contributed by atoms with Crippen molar-refractivity contribution in [3.8, 4) is 0 Å². The summed E-state index contributed by atoms with van der Waals surface area (Å²) in [5.41, 5.74) is -0.675. The summed E-state index contributed by atoms with van der Waals surface area (Å²) in [6.07, 6.45) is 6.03. The third-order valence-electron chi connectivity index (χ3n) is 4.56. The Kier molecular flexibility index (Phi) is 6.68. The van der Waals surface area contributed by atoms with Gasteiger partial charge in [-0.05, 0) is 36.9 Å². The quantitative estimate of drug-likeness (QED) is 0.287. The van der Waals surface area contributed by atoms with Gasteiger partial charge in [-0.25, -0.2) is 22.2 Å². The van der Waals surface area contributed by atoms with Crippen LogP contribution in [0.4, 0.5) is 14.5 Å². The van der Waals surface area contributed by atoms with Crippen molar-refractivity contribution in [1.29, 1.82) is 5.41 Å². The first kappa shape index (κ1) is 23.1. The summed E-state index contributed by atoms with van der Waals surface area (Å²) in [4.78, 5) is 20.0. The van der Waals surface area contributed by atoms with E-state index in [1.165, 1.54) is 24.5 Å². The van der Waals surface area contributed by atoms with E-state index >= 15 is 4.39 Å². The second-order valence-corrected chi connectivity index (χ2v) is 8.73. The number of nitrogens with one attached hydrogen (secondary N) is 4. The van der Waals surface area contributed by atoms with E-state index in [0.29, 0.717) is 17.6 Å². The van der Waals surface area contributed by atoms with E-state index in [4.69, 9.17) is 5.41 Å². The van der Waals surface area contributed by atoms with Crippen LogP contribution in [0.15, 0.2) is 42.9 Å². The topological polar surface area (TPSA) is 128 Å². The van der Waals surface area contributed by atoms with Gasteiger partial charge in [0.2, 0.25) is 15.8 Å². The van der Waals surface area contributed by atoms with Crippen LogP contribution in [0.3, 0.4) is 0 Å². The number of carbonyl (C=O) groups is 1. The maximum absolute atomic E-state index is 15.0. The number of pyridine rings is 1. The van der Waals surface area contributed by atoms with Crippen LogP contribution < -0.4 is 10.0 Å². The monoisotopic (exact) mass is 461 g/mol. The van der Waals surface area contributed by atoms with Crippen molar-refractivity contribution >= 4 is 38.2 Å². The van der Waals surface area contributed by atoms with Crippen LogP contribution in [-0.4, -0.2) is 42.7 Å². The zero-order chi connectivity index (χ0) is 23.5. The Morgan fingerprint density at radius 1 is 1.31 bits per heavy atom. The maximum atomic E-state index is 15.0. The highest BCUT2D eigenvalue weighted by Gasteiger charge is 2.26. The predicted molar refractivity (Wildman–Crippen MR) is 119 cm³/mol. The molecule has 0 aliphatic carbocycles. The fourth-order valence-electron chi connectivity index (χ4n) is 3.06. The number of nitrogens with zero attached hydrogens (tertiary/aromatic N) is 1. The van der Waals surface area contributed by atoms with Gasteiger partial charge < -0.3 is 15.7 Å². The Labute approximate surface area is 183 Å². The number of hydrogen-bond donors (Lipinski definition) is 4. The summed E-state index contributed by atoms with van der Waals surface area (Å²) in [5.74, 6) is -3.68. The second kappa shape index (κ2) is 9.27. The Morgan fingerprint density at radius 3 is 2.75 bits per heavy atom. The van der Waals surface area contributed by atoms with E-state index < -0.39 is 38.7 Å². The van der Waals surface area contributed by atoms with E-state index in [-0.39, 0.29) is 22.4 Å². The zero-order valence-corrected chi connectivity index (χ0v) is 18.1. The van der Waals surface area contributed by atoms with Crippen LogP contribution in [0, 0.1) is 17.0 Å². The number of halogens is 2. The molecule has 0 unspecified atom stereocenters. The van der Waals surface area contributed by atoms with Gasteiger partial charge in [0.15, 0.2) is 5.82 Å². The van der Waals surface area contributed by atoms with Crippen molar-refractivity contribution in [3.63, 3.8) is 0 Å². The number of rotatable bonds is 9. The van der Waals surface area contributed by atoms with Gasteiger partial charge in [-0.1, -0.05) is 6.92 Å². The third-order valence-corrected chi connectivity index (χ3v) is 6.04. The Morgan fingerprint density at radius 2 is 2.06 bits per heavy atom. The minimum absolute atomic E-state index is 0.0638. The lowest BCUT2D eigenvalue weighted by Gasteiger charge is -2.11. The van der Waals surface area contributed by atoms with Crippen molar-refractivity contribution in [2.75, 3.05) is 17.5 Å². The minimum Gasteiger partial charge on any atom is -0.394 e. The SMILES string of the molecule is CCCS(=O)(=O)Nc1ccc(F)c(C(=O)c2c[nH]c3ncc(C(=N)/C=C\NC)cc23)c1F. The van der Waals surface area contributed by atoms with Crippen molar-refractivity contribution < 1.29 is 22.0 Å². The van der Waals surface area contributed by atoms with Crippen molar-refractivity contribution in [3.05, 3.63) is 71.2 Å². The highest BCUT2D eigenvalue weighted by atomic mass is 32.2. The van der Waals surface area contributed by atoms with Crippen LogP contribution in [0.5, 0.6) is 0 Å². The van der Waals surface area contributed by atoms with Gasteiger partial charge in [-0.3, -0.25) is 9.52 Å². The van der Waals surface area contributed by atoms with Gasteiger partial charge in [-0.15, -0.1) is 0 Å². The number of hydrogen-bond acceptors (Lipinski definition) is 6. The molecular weight excluding hydrogens is 440 g/mol. The molecule has 11 heteroatoms. The normalized spacial score (nSPS) is 11.8. The average Bonchev–Trinajstić information content (AvgIpc) is 3.17. The number of carbonyl (C=O) groups excluding carboxylic acids is 1. The van der Waals surface area contributed by atoms with Crippen LogP contribution in [0.2, 0.25) is 0 Å². The molecule has 0 radical (unpaired) electrons. The first-order valence-corrected chi connectivity index (χ1v) is 11.3. The molecule has 0 amide bonds. The average molecular weight is 461 g/mol. The molecule has 0 saturated heterocycles. The van der Waals surface area contributed by atoms with Gasteiger partial charge >= 0.3 is 0 Å². The molecule has 3 aromatic rings. The summed E-state index contributed by atoms with van der Waals surface area (Å²) in [5, 5.41) is 11.1. The van der Waals surface area contributed by atoms with Gasteiger partial charge in [0.25, 0.3) is 0 Å². The predicted octanol–water partition coefficient (Wildman–Crippen LogP) is 3.32. The lowest BCUT2D eigenvalue weighted by atomic mass is 10.0. The minimum atomic E-state index is -3.85. The Balaban J connectivity index is 2.06. The fourth-order valence-corrected chi connectivity index (χ4v) is 4.20. The molecule has 2 heterocycles. The molecule has 1 aromatic carbocycles. The fraction of sp³-hybridized carbons (Fsp3) is 0.190. The lowest BCUT2D eigenvalue weighted by Crippen LogP contribution is -2.18. The number of H-pyrrole nitrogens is 1. The Bertz CT molecular complexity index is 1330. The number of allylic oxidation sites excluding steroid dienone is 1. The Hall–Kier alpha value is -3.60. The summed E-state index contributed by atoms with van der Waals surface area (Å²) >= 11 is 0. The second-order valence-electron chi connectivity index (χ2n) is 6.89. The lowest BCUT2D eigenvalue weighted by molar-refractivity contribution is 0.103. The van der Waals surface area contributed by atoms with E-state index in [0.717, 1.165) is 12.1 Å². The third kappa shape index (κ3) is 4.67. The molecule has 3 rings (SSSR count). The molecule has 8 nitrogen and oxygen atoms in total. The first-order chi connectivity index (χ1) is 15.2. The molecule has 168 valence electrons. The molecule has 32 heavy (non-hydrogen) atoms. The van der Waals surface area contributed by atoms with Crippen LogP contribution in [-0.2, 0) is 10.0 Å². The summed E-state index contributed by atoms with van der Waals surface area (Å²) < 4.78 is 55.6. The first-order valence-electron chi connectivity index (χ1n) is 9.61. The highest BCUT2D eigenvalue weighted by molar-refractivity contribution is 7.92. The van der Waals surface area contributed by atoms with E-state index in [2.05, 4.69) is 20.0 Å². The molecule has 0 bridgehead atoms. The number of ketones is 1. The van der Waals surface area contributed by atoms with Gasteiger partial charge in [0.05, 0.1) is 22.7 Å². The van der Waals surface area contributed by atoms with Gasteiger partial charge in [0, 0.05) is 36.0 Å². The highest BCUT2D eigenvalue weighted by Crippen LogP contribution is 2.28. The number of aromatic nitrogens is 2. The molecule has 0 saturated carbocycles. The van der Waals surface area contributed by atoms with Crippen LogP contribution >= 0.6 is 0 Å². The molecule has 0 aliphatic rings. The summed E-state index contributed by atoms with van der Waals surface area (Å²) in [6, 6.07) is 3.27. The molecule has 0 spiro atoms. The zero-order valence-electron chi connectivity index (χ0n) is 17.3. The molecule has 0 atom stereocenters. The molecule has 2 aromatic heterocycles. The number of benzene rings is 1. The van der Waals surface area contributed by atoms with Crippen LogP contribution in [0.1, 0.15) is 34.8 Å². The van der Waals surface area contributed by atoms with E-state index in [9.17, 15) is 17.6 Å². The maximum Gasteiger partial charge on any atom is 0.232 e. The molecular formula is C21H21F2N5O3S. The largest absolute Gasteiger partial charge is 0.394 e. The van der Waals surface area contributed by atoms with Gasteiger partial charge in [-0.2, -0.15) is 0 Å². The van der Waals surface area contributed by atoms with Crippen molar-refractivity contribution in [2.24, 2.45) is 0 Å². The molecule has 4 N–H and O–H groups in total. The molecule has 0 fully saturated rings. The van der Waals surface area contributed by atoms with E-state index in [1.807, 2.05) is 0 Å². The van der Waals surface area contributed by atoms with Gasteiger partial charge in [0.1, 0.15) is 11.5 Å². The standard InChI is InChI=1S/C21H21F2N5O3S/c1-3-8-32(30,31)28-17-5-4-15(22)18(19(17)23)20(29)14-11-27-21-13(14)9-12(10-26-21)16(24)6-7-25-2/h4-7,9-11,24-25,28H,3,8H2,1-2H3,(H,26,27)/b7-6-,24-16?.